The first kappa shape index (κ1) is 17.6. The van der Waals surface area contributed by atoms with E-state index in [1.165, 1.54) is 12.8 Å². The van der Waals surface area contributed by atoms with Crippen LogP contribution in [0.25, 0.3) is 22.1 Å². The molecule has 5 rings (SSSR count). The van der Waals surface area contributed by atoms with E-state index in [1.807, 2.05) is 39.7 Å². The normalized spacial score (nSPS) is 14.1. The van der Waals surface area contributed by atoms with Gasteiger partial charge in [-0.2, -0.15) is 5.10 Å². The first-order chi connectivity index (χ1) is 14.3. The third-order valence-corrected chi connectivity index (χ3v) is 5.31. The van der Waals surface area contributed by atoms with E-state index in [4.69, 9.17) is 0 Å². The Kier molecular flexibility index (Phi) is 4.55. The van der Waals surface area contributed by atoms with Crippen molar-refractivity contribution in [3.63, 3.8) is 0 Å². The predicted octanol–water partition coefficient (Wildman–Crippen LogP) is 1.59. The number of benzene rings is 1. The molecule has 0 saturated carbocycles. The van der Waals surface area contributed by atoms with Crippen molar-refractivity contribution in [2.75, 3.05) is 24.5 Å². The minimum Gasteiger partial charge on any atom is -0.356 e. The van der Waals surface area contributed by atoms with Crippen molar-refractivity contribution in [3.05, 3.63) is 43.1 Å². The maximum Gasteiger partial charge on any atom is 0.240 e. The molecule has 1 N–H and O–H groups in total. The number of rotatable bonds is 6. The van der Waals surface area contributed by atoms with Gasteiger partial charge in [0, 0.05) is 19.6 Å². The number of hydrogen-bond donors (Lipinski definition) is 1. The molecule has 9 heteroatoms. The number of carbonyl (C=O) groups is 1. The Morgan fingerprint density at radius 1 is 1.10 bits per heavy atom. The van der Waals surface area contributed by atoms with Crippen LogP contribution in [0.15, 0.2) is 43.1 Å². The number of imidazole rings is 1. The SMILES string of the molecule is O=C(Cn1cnc2ccccc21)NCCn1ncc2c(N3CCCC3)ncnc21. The minimum absolute atomic E-state index is 0.0583. The van der Waals surface area contributed by atoms with E-state index < -0.39 is 0 Å². The summed E-state index contributed by atoms with van der Waals surface area (Å²) in [5.41, 5.74) is 2.64. The van der Waals surface area contributed by atoms with Crippen LogP contribution in [0.2, 0.25) is 0 Å². The van der Waals surface area contributed by atoms with Crippen molar-refractivity contribution < 1.29 is 4.79 Å². The summed E-state index contributed by atoms with van der Waals surface area (Å²) < 4.78 is 3.67. The van der Waals surface area contributed by atoms with Gasteiger partial charge in [0.15, 0.2) is 5.65 Å². The molecule has 1 aliphatic rings. The Morgan fingerprint density at radius 2 is 1.97 bits per heavy atom. The average Bonchev–Trinajstić information content (AvgIpc) is 3.49. The maximum atomic E-state index is 12.4. The zero-order valence-electron chi connectivity index (χ0n) is 16.0. The van der Waals surface area contributed by atoms with Crippen molar-refractivity contribution in [2.24, 2.45) is 0 Å². The Hall–Kier alpha value is -3.49. The zero-order chi connectivity index (χ0) is 19.6. The molecule has 9 nitrogen and oxygen atoms in total. The molecule has 1 amide bonds. The molecule has 0 spiro atoms. The number of nitrogens with zero attached hydrogens (tertiary/aromatic N) is 7. The second-order valence-electron chi connectivity index (χ2n) is 7.21. The van der Waals surface area contributed by atoms with Crippen LogP contribution in [0.3, 0.4) is 0 Å². The maximum absolute atomic E-state index is 12.4. The molecule has 4 aromatic rings. The van der Waals surface area contributed by atoms with E-state index in [1.54, 1.807) is 12.7 Å². The number of carbonyl (C=O) groups excluding carboxylic acids is 1. The second kappa shape index (κ2) is 7.50. The van der Waals surface area contributed by atoms with Crippen molar-refractivity contribution in [1.82, 2.24) is 34.6 Å². The van der Waals surface area contributed by atoms with Crippen molar-refractivity contribution in [2.45, 2.75) is 25.9 Å². The first-order valence-electron chi connectivity index (χ1n) is 9.87. The molecule has 0 radical (unpaired) electrons. The van der Waals surface area contributed by atoms with Crippen LogP contribution in [0.5, 0.6) is 0 Å². The van der Waals surface area contributed by atoms with Gasteiger partial charge in [0.25, 0.3) is 0 Å². The lowest BCUT2D eigenvalue weighted by molar-refractivity contribution is -0.121. The fourth-order valence-electron chi connectivity index (χ4n) is 3.87. The van der Waals surface area contributed by atoms with Crippen molar-refractivity contribution in [1.29, 1.82) is 0 Å². The van der Waals surface area contributed by atoms with E-state index in [0.29, 0.717) is 13.1 Å². The summed E-state index contributed by atoms with van der Waals surface area (Å²) in [4.78, 5) is 27.8. The minimum atomic E-state index is -0.0583. The lowest BCUT2D eigenvalue weighted by atomic mass is 10.3. The summed E-state index contributed by atoms with van der Waals surface area (Å²) in [7, 11) is 0. The quantitative estimate of drug-likeness (QED) is 0.537. The molecule has 0 atom stereocenters. The Bertz CT molecular complexity index is 1160. The highest BCUT2D eigenvalue weighted by molar-refractivity contribution is 5.86. The number of fused-ring (bicyclic) bond motifs is 2. The van der Waals surface area contributed by atoms with Gasteiger partial charge < -0.3 is 14.8 Å². The highest BCUT2D eigenvalue weighted by Crippen LogP contribution is 2.25. The molecular formula is C20H22N8O. The topological polar surface area (TPSA) is 93.8 Å². The average molecular weight is 390 g/mol. The summed E-state index contributed by atoms with van der Waals surface area (Å²) in [6.45, 7) is 3.32. The van der Waals surface area contributed by atoms with Gasteiger partial charge in [-0.05, 0) is 25.0 Å². The third kappa shape index (κ3) is 3.39. The van der Waals surface area contributed by atoms with Crippen LogP contribution in [-0.2, 0) is 17.9 Å². The molecule has 0 bridgehead atoms. The monoisotopic (exact) mass is 390 g/mol. The number of anilines is 1. The number of amides is 1. The summed E-state index contributed by atoms with van der Waals surface area (Å²) in [6.07, 6.45) is 7.50. The molecule has 1 fully saturated rings. The summed E-state index contributed by atoms with van der Waals surface area (Å²) in [5.74, 6) is 0.895. The number of aromatic nitrogens is 6. The molecule has 29 heavy (non-hydrogen) atoms. The first-order valence-corrected chi connectivity index (χ1v) is 9.87. The highest BCUT2D eigenvalue weighted by atomic mass is 16.1. The molecule has 148 valence electrons. The highest BCUT2D eigenvalue weighted by Gasteiger charge is 2.18. The van der Waals surface area contributed by atoms with Gasteiger partial charge in [0.2, 0.25) is 5.91 Å². The van der Waals surface area contributed by atoms with Crippen molar-refractivity contribution >= 4 is 33.8 Å². The van der Waals surface area contributed by atoms with Gasteiger partial charge in [-0.1, -0.05) is 12.1 Å². The van der Waals surface area contributed by atoms with Gasteiger partial charge in [-0.15, -0.1) is 0 Å². The van der Waals surface area contributed by atoms with E-state index in [-0.39, 0.29) is 12.5 Å². The van der Waals surface area contributed by atoms with Crippen LogP contribution in [0.4, 0.5) is 5.82 Å². The Balaban J connectivity index is 1.23. The number of para-hydroxylation sites is 2. The molecule has 3 aromatic heterocycles. The van der Waals surface area contributed by atoms with E-state index in [2.05, 4.69) is 30.3 Å². The molecule has 1 saturated heterocycles. The summed E-state index contributed by atoms with van der Waals surface area (Å²) in [6, 6.07) is 7.78. The fourth-order valence-corrected chi connectivity index (χ4v) is 3.87. The standard InChI is InChI=1S/C20H22N8O/c29-18(12-27-14-24-16-5-1-2-6-17(16)27)21-7-10-28-20-15(11-25-28)19(22-13-23-20)26-8-3-4-9-26/h1-2,5-6,11,13-14H,3-4,7-10,12H2,(H,21,29). The molecule has 0 unspecified atom stereocenters. The van der Waals surface area contributed by atoms with Gasteiger partial charge >= 0.3 is 0 Å². The molecule has 1 aromatic carbocycles. The molecule has 1 aliphatic heterocycles. The lowest BCUT2D eigenvalue weighted by Crippen LogP contribution is -2.30. The number of nitrogens with one attached hydrogen (secondary N) is 1. The smallest absolute Gasteiger partial charge is 0.240 e. The second-order valence-corrected chi connectivity index (χ2v) is 7.21. The van der Waals surface area contributed by atoms with Crippen LogP contribution >= 0.6 is 0 Å². The van der Waals surface area contributed by atoms with E-state index in [9.17, 15) is 4.79 Å². The van der Waals surface area contributed by atoms with Crippen LogP contribution in [-0.4, -0.2) is 54.8 Å². The van der Waals surface area contributed by atoms with Crippen LogP contribution in [0, 0.1) is 0 Å². The largest absolute Gasteiger partial charge is 0.356 e. The third-order valence-electron chi connectivity index (χ3n) is 5.31. The number of hydrogen-bond acceptors (Lipinski definition) is 6. The molecule has 0 aliphatic carbocycles. The fraction of sp³-hybridized carbons (Fsp3) is 0.350. The van der Waals surface area contributed by atoms with Crippen LogP contribution in [0.1, 0.15) is 12.8 Å². The Labute approximate surface area is 167 Å². The van der Waals surface area contributed by atoms with Crippen LogP contribution < -0.4 is 10.2 Å². The predicted molar refractivity (Wildman–Crippen MR) is 110 cm³/mol. The lowest BCUT2D eigenvalue weighted by Gasteiger charge is -2.16. The van der Waals surface area contributed by atoms with Gasteiger partial charge in [0.1, 0.15) is 18.7 Å². The van der Waals surface area contributed by atoms with Gasteiger partial charge in [-0.3, -0.25) is 4.79 Å². The molecular weight excluding hydrogens is 368 g/mol. The zero-order valence-corrected chi connectivity index (χ0v) is 16.0. The van der Waals surface area contributed by atoms with E-state index in [0.717, 1.165) is 41.0 Å². The summed E-state index contributed by atoms with van der Waals surface area (Å²) in [5, 5.41) is 8.38. The van der Waals surface area contributed by atoms with Gasteiger partial charge in [0.05, 0.1) is 35.5 Å². The van der Waals surface area contributed by atoms with Crippen molar-refractivity contribution in [3.8, 4) is 0 Å². The van der Waals surface area contributed by atoms with E-state index >= 15 is 0 Å². The Morgan fingerprint density at radius 3 is 2.86 bits per heavy atom. The van der Waals surface area contributed by atoms with Gasteiger partial charge in [-0.25, -0.2) is 19.6 Å². The summed E-state index contributed by atoms with van der Waals surface area (Å²) >= 11 is 0. The molecule has 4 heterocycles.